The van der Waals surface area contributed by atoms with E-state index < -0.39 is 6.10 Å². The molecule has 4 heteroatoms. The second-order valence-electron chi connectivity index (χ2n) is 3.25. The Balaban J connectivity index is 2.54. The van der Waals surface area contributed by atoms with Crippen molar-refractivity contribution < 1.29 is 14.6 Å². The maximum Gasteiger partial charge on any atom is 0.312 e. The smallest absolute Gasteiger partial charge is 0.312 e. The van der Waals surface area contributed by atoms with Crippen LogP contribution in [-0.2, 0) is 9.53 Å². The summed E-state index contributed by atoms with van der Waals surface area (Å²) in [5.74, 6) is -0.678. The number of piperidine rings is 1. The highest BCUT2D eigenvalue weighted by Gasteiger charge is 2.32. The molecule has 1 N–H and O–H groups in total. The molecule has 0 spiro atoms. The Morgan fingerprint density at radius 3 is 2.92 bits per heavy atom. The molecule has 0 aromatic carbocycles. The number of methoxy groups -OCH3 is 1. The Bertz CT molecular complexity index is 172. The lowest BCUT2D eigenvalue weighted by atomic mass is 9.95. The van der Waals surface area contributed by atoms with E-state index in [0.717, 1.165) is 6.54 Å². The van der Waals surface area contributed by atoms with Gasteiger partial charge < -0.3 is 14.7 Å². The first-order valence-electron chi connectivity index (χ1n) is 4.09. The Hall–Kier alpha value is -0.610. The molecule has 0 radical (unpaired) electrons. The van der Waals surface area contributed by atoms with Gasteiger partial charge in [0.25, 0.3) is 0 Å². The molecule has 12 heavy (non-hydrogen) atoms. The quantitative estimate of drug-likeness (QED) is 0.542. The molecule has 0 bridgehead atoms. The highest BCUT2D eigenvalue weighted by Crippen LogP contribution is 2.16. The second-order valence-corrected chi connectivity index (χ2v) is 3.25. The molecule has 0 aromatic heterocycles. The third kappa shape index (κ3) is 1.95. The van der Waals surface area contributed by atoms with E-state index in [1.54, 1.807) is 0 Å². The minimum absolute atomic E-state index is 0.311. The van der Waals surface area contributed by atoms with Gasteiger partial charge in [0, 0.05) is 13.1 Å². The number of nitrogens with zero attached hydrogens (tertiary/aromatic N) is 1. The van der Waals surface area contributed by atoms with Crippen LogP contribution in [0.25, 0.3) is 0 Å². The lowest BCUT2D eigenvalue weighted by molar-refractivity contribution is -0.152. The van der Waals surface area contributed by atoms with Gasteiger partial charge in [-0.2, -0.15) is 0 Å². The highest BCUT2D eigenvalue weighted by molar-refractivity contribution is 5.73. The van der Waals surface area contributed by atoms with Crippen LogP contribution in [0.5, 0.6) is 0 Å². The minimum atomic E-state index is -0.534. The summed E-state index contributed by atoms with van der Waals surface area (Å²) >= 11 is 0. The predicted octanol–water partition coefficient (Wildman–Crippen LogP) is -0.528. The Morgan fingerprint density at radius 2 is 2.33 bits per heavy atom. The van der Waals surface area contributed by atoms with Crippen LogP contribution >= 0.6 is 0 Å². The molecule has 1 heterocycles. The zero-order valence-electron chi connectivity index (χ0n) is 7.49. The summed E-state index contributed by atoms with van der Waals surface area (Å²) in [5.41, 5.74) is 0. The van der Waals surface area contributed by atoms with Gasteiger partial charge in [-0.3, -0.25) is 4.79 Å². The molecular formula is C8H15NO3. The molecule has 0 amide bonds. The third-order valence-corrected chi connectivity index (χ3v) is 2.28. The SMILES string of the molecule is COC(=O)C1CN(C)CCC1O. The number of carbonyl (C=O) groups excluding carboxylic acids is 1. The van der Waals surface area contributed by atoms with E-state index >= 15 is 0 Å². The van der Waals surface area contributed by atoms with Crippen LogP contribution in [0.2, 0.25) is 0 Å². The molecule has 1 aliphatic heterocycles. The summed E-state index contributed by atoms with van der Waals surface area (Å²) in [7, 11) is 3.28. The van der Waals surface area contributed by atoms with Crippen molar-refractivity contribution in [3.05, 3.63) is 0 Å². The van der Waals surface area contributed by atoms with Crippen LogP contribution in [0.15, 0.2) is 0 Å². The highest BCUT2D eigenvalue weighted by atomic mass is 16.5. The van der Waals surface area contributed by atoms with Gasteiger partial charge in [-0.25, -0.2) is 0 Å². The first-order valence-corrected chi connectivity index (χ1v) is 4.09. The lowest BCUT2D eigenvalue weighted by Gasteiger charge is -2.31. The average molecular weight is 173 g/mol. The van der Waals surface area contributed by atoms with Gasteiger partial charge in [0.05, 0.1) is 19.1 Å². The number of hydrogen-bond donors (Lipinski definition) is 1. The second kappa shape index (κ2) is 3.87. The van der Waals surface area contributed by atoms with Crippen molar-refractivity contribution in [1.29, 1.82) is 0 Å². The molecule has 0 aliphatic carbocycles. The Labute approximate surface area is 72.1 Å². The van der Waals surface area contributed by atoms with Crippen molar-refractivity contribution in [2.24, 2.45) is 5.92 Å². The average Bonchev–Trinajstić information content (AvgIpc) is 2.08. The standard InChI is InChI=1S/C8H15NO3/c1-9-4-3-7(10)6(5-9)8(11)12-2/h6-7,10H,3-5H2,1-2H3. The van der Waals surface area contributed by atoms with E-state index in [0.29, 0.717) is 13.0 Å². The molecule has 0 saturated carbocycles. The van der Waals surface area contributed by atoms with Gasteiger partial charge in [-0.15, -0.1) is 0 Å². The fourth-order valence-electron chi connectivity index (χ4n) is 1.49. The lowest BCUT2D eigenvalue weighted by Crippen LogP contribution is -2.45. The summed E-state index contributed by atoms with van der Waals surface area (Å²) in [6, 6.07) is 0. The number of hydrogen-bond acceptors (Lipinski definition) is 4. The van der Waals surface area contributed by atoms with Crippen LogP contribution < -0.4 is 0 Å². The van der Waals surface area contributed by atoms with E-state index in [9.17, 15) is 9.90 Å². The maximum absolute atomic E-state index is 11.1. The van der Waals surface area contributed by atoms with E-state index in [1.807, 2.05) is 11.9 Å². The Morgan fingerprint density at radius 1 is 1.67 bits per heavy atom. The topological polar surface area (TPSA) is 49.8 Å². The molecule has 70 valence electrons. The first-order chi connectivity index (χ1) is 5.65. The van der Waals surface area contributed by atoms with Crippen molar-refractivity contribution in [1.82, 2.24) is 4.90 Å². The zero-order chi connectivity index (χ0) is 9.14. The summed E-state index contributed by atoms with van der Waals surface area (Å²) in [4.78, 5) is 13.1. The van der Waals surface area contributed by atoms with Crippen LogP contribution in [-0.4, -0.2) is 49.3 Å². The molecule has 4 nitrogen and oxygen atoms in total. The Kier molecular flexibility index (Phi) is 3.05. The number of aliphatic hydroxyl groups is 1. The molecule has 2 atom stereocenters. The fraction of sp³-hybridized carbons (Fsp3) is 0.875. The van der Waals surface area contributed by atoms with Crippen molar-refractivity contribution in [3.8, 4) is 0 Å². The van der Waals surface area contributed by atoms with E-state index in [2.05, 4.69) is 4.74 Å². The first kappa shape index (κ1) is 9.48. The molecular weight excluding hydrogens is 158 g/mol. The van der Waals surface area contributed by atoms with Crippen LogP contribution in [0.4, 0.5) is 0 Å². The van der Waals surface area contributed by atoms with Crippen LogP contribution in [0, 0.1) is 5.92 Å². The number of aliphatic hydroxyl groups excluding tert-OH is 1. The molecule has 0 aromatic rings. The summed E-state index contributed by atoms with van der Waals surface area (Å²) in [5, 5.41) is 9.46. The monoisotopic (exact) mass is 173 g/mol. The summed E-state index contributed by atoms with van der Waals surface area (Å²) < 4.78 is 4.58. The van der Waals surface area contributed by atoms with Gasteiger partial charge in [-0.05, 0) is 13.5 Å². The number of likely N-dealkylation sites (tertiary alicyclic amines) is 1. The van der Waals surface area contributed by atoms with E-state index in [-0.39, 0.29) is 11.9 Å². The third-order valence-electron chi connectivity index (χ3n) is 2.28. The maximum atomic E-state index is 11.1. The van der Waals surface area contributed by atoms with Crippen molar-refractivity contribution in [2.75, 3.05) is 27.2 Å². The van der Waals surface area contributed by atoms with Gasteiger partial charge in [0.1, 0.15) is 0 Å². The van der Waals surface area contributed by atoms with Crippen molar-refractivity contribution in [3.63, 3.8) is 0 Å². The van der Waals surface area contributed by atoms with Gasteiger partial charge in [-0.1, -0.05) is 0 Å². The van der Waals surface area contributed by atoms with Crippen molar-refractivity contribution in [2.45, 2.75) is 12.5 Å². The predicted molar refractivity (Wildman–Crippen MR) is 43.6 cm³/mol. The van der Waals surface area contributed by atoms with E-state index in [1.165, 1.54) is 7.11 Å². The number of carbonyl (C=O) groups is 1. The minimum Gasteiger partial charge on any atom is -0.469 e. The van der Waals surface area contributed by atoms with E-state index in [4.69, 9.17) is 0 Å². The molecule has 1 saturated heterocycles. The van der Waals surface area contributed by atoms with Crippen LogP contribution in [0.1, 0.15) is 6.42 Å². The number of ether oxygens (including phenoxy) is 1. The summed E-state index contributed by atoms with van der Waals surface area (Å²) in [6.07, 6.45) is 0.115. The normalized spacial score (nSPS) is 31.6. The molecule has 1 aliphatic rings. The van der Waals surface area contributed by atoms with Gasteiger partial charge in [0.2, 0.25) is 0 Å². The molecule has 1 rings (SSSR count). The number of esters is 1. The van der Waals surface area contributed by atoms with Crippen molar-refractivity contribution >= 4 is 5.97 Å². The largest absolute Gasteiger partial charge is 0.469 e. The zero-order valence-corrected chi connectivity index (χ0v) is 7.49. The number of rotatable bonds is 1. The van der Waals surface area contributed by atoms with Gasteiger partial charge >= 0.3 is 5.97 Å². The van der Waals surface area contributed by atoms with Crippen LogP contribution in [0.3, 0.4) is 0 Å². The fourth-order valence-corrected chi connectivity index (χ4v) is 1.49. The summed E-state index contributed by atoms with van der Waals surface area (Å²) in [6.45, 7) is 1.43. The molecule has 1 fully saturated rings. The van der Waals surface area contributed by atoms with Gasteiger partial charge in [0.15, 0.2) is 0 Å². The molecule has 2 unspecified atom stereocenters.